The van der Waals surface area contributed by atoms with Crippen molar-refractivity contribution in [3.05, 3.63) is 29.3 Å². The molecule has 0 unspecified atom stereocenters. The third-order valence-corrected chi connectivity index (χ3v) is 9.22. The van der Waals surface area contributed by atoms with E-state index in [9.17, 15) is 8.78 Å². The van der Waals surface area contributed by atoms with Gasteiger partial charge in [-0.05, 0) is 119 Å². The Balaban J connectivity index is 1.19. The predicted molar refractivity (Wildman–Crippen MR) is 134 cm³/mol. The summed E-state index contributed by atoms with van der Waals surface area (Å²) in [6.07, 6.45) is 18.0. The zero-order chi connectivity index (χ0) is 23.9. The Bertz CT molecular complexity index is 742. The van der Waals surface area contributed by atoms with E-state index in [1.807, 2.05) is 0 Å². The van der Waals surface area contributed by atoms with Gasteiger partial charge in [-0.2, -0.15) is 4.39 Å². The maximum Gasteiger partial charge on any atom is 0.200 e. The fourth-order valence-electron chi connectivity index (χ4n) is 7.13. The summed E-state index contributed by atoms with van der Waals surface area (Å²) in [7, 11) is 0. The third kappa shape index (κ3) is 6.33. The van der Waals surface area contributed by atoms with E-state index < -0.39 is 11.6 Å². The van der Waals surface area contributed by atoms with Gasteiger partial charge in [0.2, 0.25) is 5.82 Å². The monoisotopic (exact) mass is 476 g/mol. The standard InChI is InChI=1S/C30H46F2O2/c1-3-5-6-7-21-8-18-27(34-20-21)25-15-11-23(12-16-25)22-9-13-24(14-10-22)26-17-19-28(33-4-2)30(32)29(26)31/h17,19,21-25,27H,3-16,18,20H2,1-2H3/t21-,22?,23?,24?,25?,27+/m1/s1. The molecule has 0 bridgehead atoms. The van der Waals surface area contributed by atoms with Crippen LogP contribution in [0.4, 0.5) is 8.78 Å². The average Bonchev–Trinajstić information content (AvgIpc) is 2.88. The van der Waals surface area contributed by atoms with Crippen LogP contribution < -0.4 is 4.74 Å². The third-order valence-electron chi connectivity index (χ3n) is 9.22. The summed E-state index contributed by atoms with van der Waals surface area (Å²) in [5, 5.41) is 0. The first-order chi connectivity index (χ1) is 16.6. The minimum atomic E-state index is -0.822. The van der Waals surface area contributed by atoms with Crippen molar-refractivity contribution < 1.29 is 18.3 Å². The van der Waals surface area contributed by atoms with Crippen molar-refractivity contribution in [1.29, 1.82) is 0 Å². The highest BCUT2D eigenvalue weighted by Crippen LogP contribution is 2.46. The number of ether oxygens (including phenoxy) is 2. The number of hydrogen-bond acceptors (Lipinski definition) is 2. The molecule has 2 atom stereocenters. The molecule has 0 aromatic heterocycles. The summed E-state index contributed by atoms with van der Waals surface area (Å²) in [4.78, 5) is 0. The lowest BCUT2D eigenvalue weighted by Crippen LogP contribution is -2.35. The van der Waals surface area contributed by atoms with Crippen LogP contribution in [0.5, 0.6) is 5.75 Å². The predicted octanol–water partition coefficient (Wildman–Crippen LogP) is 8.82. The molecule has 1 aromatic carbocycles. The Hall–Kier alpha value is -1.16. The van der Waals surface area contributed by atoms with Gasteiger partial charge in [-0.1, -0.05) is 32.3 Å². The van der Waals surface area contributed by atoms with Gasteiger partial charge in [0, 0.05) is 6.61 Å². The second kappa shape index (κ2) is 12.7. The molecule has 2 saturated carbocycles. The number of unbranched alkanes of at least 4 members (excludes halogenated alkanes) is 2. The van der Waals surface area contributed by atoms with Gasteiger partial charge in [0.1, 0.15) is 0 Å². The molecule has 192 valence electrons. The molecule has 1 aromatic rings. The van der Waals surface area contributed by atoms with E-state index in [-0.39, 0.29) is 11.7 Å². The van der Waals surface area contributed by atoms with Crippen molar-refractivity contribution in [2.24, 2.45) is 23.7 Å². The van der Waals surface area contributed by atoms with E-state index in [0.717, 1.165) is 56.0 Å². The Labute approximate surface area is 206 Å². The maximum absolute atomic E-state index is 14.7. The first kappa shape index (κ1) is 25.9. The zero-order valence-corrected chi connectivity index (χ0v) is 21.5. The van der Waals surface area contributed by atoms with Gasteiger partial charge in [-0.3, -0.25) is 0 Å². The number of benzene rings is 1. The molecule has 4 heteroatoms. The molecule has 34 heavy (non-hydrogen) atoms. The van der Waals surface area contributed by atoms with Crippen molar-refractivity contribution >= 4 is 0 Å². The molecule has 2 aliphatic carbocycles. The highest BCUT2D eigenvalue weighted by atomic mass is 19.2. The largest absolute Gasteiger partial charge is 0.491 e. The summed E-state index contributed by atoms with van der Waals surface area (Å²) in [5.41, 5.74) is 0.547. The fourth-order valence-corrected chi connectivity index (χ4v) is 7.13. The molecule has 0 amide bonds. The smallest absolute Gasteiger partial charge is 0.200 e. The molecule has 1 saturated heterocycles. The van der Waals surface area contributed by atoms with E-state index >= 15 is 0 Å². The molecule has 3 fully saturated rings. The van der Waals surface area contributed by atoms with Crippen LogP contribution >= 0.6 is 0 Å². The van der Waals surface area contributed by atoms with E-state index in [0.29, 0.717) is 18.3 Å². The summed E-state index contributed by atoms with van der Waals surface area (Å²) >= 11 is 0. The van der Waals surface area contributed by atoms with Crippen molar-refractivity contribution in [1.82, 2.24) is 0 Å². The van der Waals surface area contributed by atoms with E-state index in [1.165, 1.54) is 64.2 Å². The van der Waals surface area contributed by atoms with Gasteiger partial charge in [0.15, 0.2) is 11.6 Å². The van der Waals surface area contributed by atoms with Crippen LogP contribution in [0.2, 0.25) is 0 Å². The molecule has 4 rings (SSSR count). The SMILES string of the molecule is CCCCC[C@@H]1CC[C@@H](C2CCC(C3CCC(c4ccc(OCC)c(F)c4F)CC3)CC2)OC1. The van der Waals surface area contributed by atoms with Gasteiger partial charge < -0.3 is 9.47 Å². The molecule has 1 aliphatic heterocycles. The Morgan fingerprint density at radius 1 is 0.794 bits per heavy atom. The number of rotatable bonds is 9. The maximum atomic E-state index is 14.7. The van der Waals surface area contributed by atoms with Gasteiger partial charge >= 0.3 is 0 Å². The van der Waals surface area contributed by atoms with Gasteiger partial charge in [0.05, 0.1) is 12.7 Å². The lowest BCUT2D eigenvalue weighted by Gasteiger charge is -2.41. The van der Waals surface area contributed by atoms with Gasteiger partial charge in [0.25, 0.3) is 0 Å². The van der Waals surface area contributed by atoms with Crippen molar-refractivity contribution in [3.8, 4) is 5.75 Å². The molecule has 0 spiro atoms. The van der Waals surface area contributed by atoms with Crippen LogP contribution in [0.1, 0.15) is 115 Å². The average molecular weight is 477 g/mol. The molecule has 0 radical (unpaired) electrons. The second-order valence-electron chi connectivity index (χ2n) is 11.3. The minimum absolute atomic E-state index is 0.0307. The van der Waals surface area contributed by atoms with E-state index in [4.69, 9.17) is 9.47 Å². The van der Waals surface area contributed by atoms with E-state index in [2.05, 4.69) is 6.92 Å². The Kier molecular flexibility index (Phi) is 9.68. The topological polar surface area (TPSA) is 18.5 Å². The molecular formula is C30H46F2O2. The van der Waals surface area contributed by atoms with Crippen molar-refractivity contribution in [3.63, 3.8) is 0 Å². The van der Waals surface area contributed by atoms with Crippen LogP contribution in [-0.2, 0) is 4.74 Å². The zero-order valence-electron chi connectivity index (χ0n) is 21.5. The van der Waals surface area contributed by atoms with E-state index in [1.54, 1.807) is 19.1 Å². The normalized spacial score (nSPS) is 32.5. The van der Waals surface area contributed by atoms with Gasteiger partial charge in [-0.15, -0.1) is 0 Å². The van der Waals surface area contributed by atoms with Crippen molar-refractivity contribution in [2.75, 3.05) is 13.2 Å². The van der Waals surface area contributed by atoms with Crippen LogP contribution in [0.25, 0.3) is 0 Å². The quantitative estimate of drug-likeness (QED) is 0.331. The van der Waals surface area contributed by atoms with Crippen LogP contribution in [0.3, 0.4) is 0 Å². The molecule has 2 nitrogen and oxygen atoms in total. The first-order valence-electron chi connectivity index (χ1n) is 14.3. The van der Waals surface area contributed by atoms with Crippen LogP contribution in [0.15, 0.2) is 12.1 Å². The highest BCUT2D eigenvalue weighted by Gasteiger charge is 2.36. The summed E-state index contributed by atoms with van der Waals surface area (Å²) in [6.45, 7) is 5.39. The second-order valence-corrected chi connectivity index (χ2v) is 11.3. The Morgan fingerprint density at radius 2 is 1.47 bits per heavy atom. The molecule has 1 heterocycles. The lowest BCUT2D eigenvalue weighted by molar-refractivity contribution is -0.0619. The summed E-state index contributed by atoms with van der Waals surface area (Å²) in [5.74, 6) is 1.76. The number of hydrogen-bond donors (Lipinski definition) is 0. The van der Waals surface area contributed by atoms with Crippen LogP contribution in [0, 0.1) is 35.3 Å². The van der Waals surface area contributed by atoms with Crippen molar-refractivity contribution in [2.45, 2.75) is 116 Å². The van der Waals surface area contributed by atoms with Gasteiger partial charge in [-0.25, -0.2) is 4.39 Å². The first-order valence-corrected chi connectivity index (χ1v) is 14.3. The summed E-state index contributed by atoms with van der Waals surface area (Å²) < 4.78 is 40.6. The van der Waals surface area contributed by atoms with Crippen LogP contribution in [-0.4, -0.2) is 19.3 Å². The molecule has 0 N–H and O–H groups in total. The fraction of sp³-hybridized carbons (Fsp3) is 0.800. The number of halogens is 2. The minimum Gasteiger partial charge on any atom is -0.491 e. The lowest BCUT2D eigenvalue weighted by atomic mass is 9.67. The molecular weight excluding hydrogens is 430 g/mol. The Morgan fingerprint density at radius 3 is 2.09 bits per heavy atom. The highest BCUT2D eigenvalue weighted by molar-refractivity contribution is 5.33. The summed E-state index contributed by atoms with van der Waals surface area (Å²) in [6, 6.07) is 3.35. The molecule has 3 aliphatic rings.